The Balaban J connectivity index is 1.03. The molecule has 46 nitrogen and oxygen atoms in total. The Bertz CT molecular complexity index is 2960. The second kappa shape index (κ2) is 38.8. The third kappa shape index (κ3) is 18.8. The van der Waals surface area contributed by atoms with E-state index < -0.39 is 276 Å². The summed E-state index contributed by atoms with van der Waals surface area (Å²) in [6.45, 7) is 12.6. The zero-order valence-corrected chi connectivity index (χ0v) is 60.2. The first-order valence-electron chi connectivity index (χ1n) is 35.4. The lowest BCUT2D eigenvalue weighted by molar-refractivity contribution is -0.401. The lowest BCUT2D eigenvalue weighted by Crippen LogP contribution is -2.71. The van der Waals surface area contributed by atoms with Crippen LogP contribution in [0.2, 0.25) is 0 Å². The molecular weight excluding hydrogens is 1470 g/mol. The molecular formula is C63H101N9O37. The van der Waals surface area contributed by atoms with Crippen LogP contribution in [0.4, 0.5) is 0 Å². The molecule has 0 aromatic heterocycles. The fourth-order valence-electron chi connectivity index (χ4n) is 15.3. The average molecular weight is 1580 g/mol. The van der Waals surface area contributed by atoms with E-state index >= 15 is 0 Å². The normalized spacial score (nSPS) is 49.5. The number of carbonyl (C=O) groups excluding carboxylic acids is 9. The summed E-state index contributed by atoms with van der Waals surface area (Å²) in [6, 6.07) is -12.0. The Hall–Kier alpha value is -5.89. The minimum atomic E-state index is -2.23. The number of nitrogens with one attached hydrogen (secondary N) is 9. The van der Waals surface area contributed by atoms with Crippen LogP contribution in [-0.4, -0.2) is 390 Å². The van der Waals surface area contributed by atoms with E-state index in [1.165, 1.54) is 62.3 Å². The predicted molar refractivity (Wildman–Crippen MR) is 347 cm³/mol. The summed E-state index contributed by atoms with van der Waals surface area (Å²) >= 11 is 0. The van der Waals surface area contributed by atoms with Gasteiger partial charge in [0.25, 0.3) is 0 Å². The maximum absolute atomic E-state index is 12.7. The zero-order chi connectivity index (χ0) is 79.7. The van der Waals surface area contributed by atoms with E-state index in [0.717, 1.165) is 0 Å². The smallest absolute Gasteiger partial charge is 0.207 e. The molecule has 620 valence electrons. The quantitative estimate of drug-likeness (QED) is 0.0266. The topological polar surface area (TPSA) is 641 Å². The SMILES string of the molecule is CC1OC(OC2C(OC3C(OC4C(OC5C(O)C(OC6C(OC7C(OC8C(OC9C(O)OC(C)C(NC=O)C9O)OC(C)C(NC=O)C8O)OC(C)C(NC=O)C7O)OC(C)C(NC=O)C6O)OC(C)C5NC=O)OC(C)C(NC=O)C4O)OC(C)C(NC=O)C3O)OC(C)C(NC=O)C2O)C(O)C(O)C1NC=O. The van der Waals surface area contributed by atoms with Crippen LogP contribution in [0.1, 0.15) is 62.3 Å². The minimum Gasteiger partial charge on any atom is -0.388 e. The first kappa shape index (κ1) is 87.1. The van der Waals surface area contributed by atoms with Gasteiger partial charge < -0.3 is 185 Å². The molecule has 9 saturated heterocycles. The van der Waals surface area contributed by atoms with E-state index in [0.29, 0.717) is 0 Å². The molecule has 45 atom stereocenters. The number of aliphatic hydroxyl groups excluding tert-OH is 11. The van der Waals surface area contributed by atoms with Crippen molar-refractivity contribution in [3.05, 3.63) is 0 Å². The summed E-state index contributed by atoms with van der Waals surface area (Å²) in [5.74, 6) is 0. The molecule has 0 spiro atoms. The summed E-state index contributed by atoms with van der Waals surface area (Å²) in [5.41, 5.74) is 0. The van der Waals surface area contributed by atoms with Gasteiger partial charge in [-0.1, -0.05) is 0 Å². The van der Waals surface area contributed by atoms with Gasteiger partial charge in [0.2, 0.25) is 57.7 Å². The number of aliphatic hydroxyl groups is 11. The summed E-state index contributed by atoms with van der Waals surface area (Å²) in [6.07, 6.45) is -60.9. The molecule has 46 heteroatoms. The molecule has 45 unspecified atom stereocenters. The molecule has 109 heavy (non-hydrogen) atoms. The molecule has 9 heterocycles. The van der Waals surface area contributed by atoms with Crippen LogP contribution in [0.25, 0.3) is 0 Å². The van der Waals surface area contributed by atoms with E-state index in [9.17, 15) is 99.3 Å². The largest absolute Gasteiger partial charge is 0.388 e. The van der Waals surface area contributed by atoms with Crippen molar-refractivity contribution in [2.75, 3.05) is 0 Å². The maximum atomic E-state index is 12.7. The number of ether oxygens (including phenoxy) is 17. The van der Waals surface area contributed by atoms with Crippen molar-refractivity contribution in [1.29, 1.82) is 0 Å². The van der Waals surface area contributed by atoms with Gasteiger partial charge in [0.05, 0.1) is 109 Å². The molecule has 0 aromatic carbocycles. The van der Waals surface area contributed by atoms with Gasteiger partial charge in [0.1, 0.15) is 110 Å². The molecule has 9 rings (SSSR count). The number of hydrogen-bond donors (Lipinski definition) is 20. The maximum Gasteiger partial charge on any atom is 0.207 e. The van der Waals surface area contributed by atoms with Gasteiger partial charge in [0, 0.05) is 0 Å². The molecule has 0 radical (unpaired) electrons. The first-order chi connectivity index (χ1) is 52.0. The molecule has 9 aliphatic rings. The number of amides is 9. The Labute approximate surface area is 621 Å². The van der Waals surface area contributed by atoms with Crippen LogP contribution in [0, 0.1) is 0 Å². The first-order valence-corrected chi connectivity index (χ1v) is 35.4. The molecule has 20 N–H and O–H groups in total. The molecule has 0 bridgehead atoms. The van der Waals surface area contributed by atoms with Gasteiger partial charge in [0.15, 0.2) is 56.6 Å². The highest BCUT2D eigenvalue weighted by Gasteiger charge is 2.61. The van der Waals surface area contributed by atoms with Crippen LogP contribution >= 0.6 is 0 Å². The van der Waals surface area contributed by atoms with Gasteiger partial charge in [-0.25, -0.2) is 0 Å². The van der Waals surface area contributed by atoms with Gasteiger partial charge in [-0.3, -0.25) is 43.2 Å². The van der Waals surface area contributed by atoms with Crippen LogP contribution in [0.15, 0.2) is 0 Å². The lowest BCUT2D eigenvalue weighted by atomic mass is 9.93. The van der Waals surface area contributed by atoms with Crippen molar-refractivity contribution in [2.45, 2.75) is 338 Å². The molecule has 0 aromatic rings. The third-order valence-electron chi connectivity index (χ3n) is 21.2. The van der Waals surface area contributed by atoms with Gasteiger partial charge >= 0.3 is 0 Å². The monoisotopic (exact) mass is 1580 g/mol. The average Bonchev–Trinajstić information content (AvgIpc) is 0.767. The van der Waals surface area contributed by atoms with Crippen LogP contribution < -0.4 is 47.9 Å². The third-order valence-corrected chi connectivity index (χ3v) is 21.2. The molecule has 9 fully saturated rings. The van der Waals surface area contributed by atoms with Crippen molar-refractivity contribution in [3.8, 4) is 0 Å². The summed E-state index contributed by atoms with van der Waals surface area (Å²) < 4.78 is 106. The van der Waals surface area contributed by atoms with Crippen molar-refractivity contribution >= 4 is 57.7 Å². The van der Waals surface area contributed by atoms with Crippen LogP contribution in [0.5, 0.6) is 0 Å². The van der Waals surface area contributed by atoms with E-state index in [1.54, 1.807) is 0 Å². The minimum absolute atomic E-state index is 0.206. The van der Waals surface area contributed by atoms with E-state index in [4.69, 9.17) is 80.5 Å². The summed E-state index contributed by atoms with van der Waals surface area (Å²) in [4.78, 5) is 108. The molecule has 9 amide bonds. The molecule has 9 aliphatic heterocycles. The summed E-state index contributed by atoms with van der Waals surface area (Å²) in [7, 11) is 0. The fourth-order valence-corrected chi connectivity index (χ4v) is 15.3. The Morgan fingerprint density at radius 1 is 0.193 bits per heavy atom. The Morgan fingerprint density at radius 2 is 0.358 bits per heavy atom. The standard InChI is InChI=1S/C63H101N9O37/c1-19-29(65-11-74)38(83)48(55(92)93-19)103-59-52(42(87)33(69-15-78)22(4)97-59)107-63-54(44(89)35(71-17-80)26(8)101-63)109-61-50(40(85)31(67-13-76)24(6)99-61)105-57-46(91)47(36(72-18-81)27(9)95-57)102-58-51(41(86)32(68-14-77)21(3)96-58)106-62-53(43(88)34(70-16-79)25(7)100-62)108-60-49(39(84)30(66-12-75)23(5)98-60)104-56-45(90)37(82)28(64-10-73)20(2)94-56/h10-63,82-92H,1-9H3,(H,64,73)(H,65,74)(H,66,75)(H,67,76)(H,68,77)(H,69,78)(H,70,79)(H,71,80)(H,72,81). The number of rotatable bonds is 34. The highest BCUT2D eigenvalue weighted by atomic mass is 16.8. The molecule has 0 saturated carbocycles. The van der Waals surface area contributed by atoms with Crippen LogP contribution in [0.3, 0.4) is 0 Å². The second-order valence-corrected chi connectivity index (χ2v) is 27.9. The van der Waals surface area contributed by atoms with E-state index in [-0.39, 0.29) is 57.7 Å². The van der Waals surface area contributed by atoms with Gasteiger partial charge in [-0.2, -0.15) is 0 Å². The fraction of sp³-hybridized carbons (Fsp3) is 0.857. The van der Waals surface area contributed by atoms with Gasteiger partial charge in [-0.15, -0.1) is 0 Å². The summed E-state index contributed by atoms with van der Waals surface area (Å²) in [5, 5.41) is 153. The number of carbonyl (C=O) groups is 9. The second-order valence-electron chi connectivity index (χ2n) is 27.9. The lowest BCUT2D eigenvalue weighted by Gasteiger charge is -2.52. The van der Waals surface area contributed by atoms with Crippen molar-refractivity contribution < 1.29 is 180 Å². The zero-order valence-electron chi connectivity index (χ0n) is 60.2. The van der Waals surface area contributed by atoms with Crippen molar-refractivity contribution in [1.82, 2.24) is 47.9 Å². The Morgan fingerprint density at radius 3 is 0.606 bits per heavy atom. The van der Waals surface area contributed by atoms with E-state index in [1.807, 2.05) is 0 Å². The molecule has 0 aliphatic carbocycles. The van der Waals surface area contributed by atoms with Gasteiger partial charge in [-0.05, 0) is 62.3 Å². The number of hydrogen-bond acceptors (Lipinski definition) is 37. The van der Waals surface area contributed by atoms with Crippen molar-refractivity contribution in [2.24, 2.45) is 0 Å². The van der Waals surface area contributed by atoms with Crippen molar-refractivity contribution in [3.63, 3.8) is 0 Å². The Kier molecular flexibility index (Phi) is 31.0. The highest BCUT2D eigenvalue weighted by molar-refractivity contribution is 5.50. The highest BCUT2D eigenvalue weighted by Crippen LogP contribution is 2.41. The van der Waals surface area contributed by atoms with E-state index in [2.05, 4.69) is 47.9 Å². The predicted octanol–water partition coefficient (Wildman–Crippen LogP) is -13.6. The van der Waals surface area contributed by atoms with Crippen LogP contribution in [-0.2, 0) is 124 Å².